The smallest absolute Gasteiger partial charge is 0.327 e. The lowest BCUT2D eigenvalue weighted by molar-refractivity contribution is -0.157. The molecule has 3 N–H and O–H groups in total. The van der Waals surface area contributed by atoms with Crippen molar-refractivity contribution >= 4 is 23.6 Å². The van der Waals surface area contributed by atoms with Crippen molar-refractivity contribution < 1.29 is 19.4 Å². The predicted molar refractivity (Wildman–Crippen MR) is 72.0 cm³/mol. The second-order valence-electron chi connectivity index (χ2n) is 5.02. The number of nitrogens with two attached hydrogens (primary N) is 1. The Morgan fingerprint density at radius 2 is 2.11 bits per heavy atom. The highest BCUT2D eigenvalue weighted by atomic mass is 32.2. The summed E-state index contributed by atoms with van der Waals surface area (Å²) in [4.78, 5) is 25.5. The predicted octanol–water partition coefficient (Wildman–Crippen LogP) is -0.229. The number of carbonyl (C=O) groups excluding carboxylic acids is 1. The van der Waals surface area contributed by atoms with Gasteiger partial charge in [0, 0.05) is 37.8 Å². The van der Waals surface area contributed by atoms with Gasteiger partial charge < -0.3 is 20.5 Å². The average molecular weight is 288 g/mol. The number of hydrogen-bond donors (Lipinski definition) is 2. The van der Waals surface area contributed by atoms with Crippen LogP contribution in [0.25, 0.3) is 0 Å². The highest BCUT2D eigenvalue weighted by Gasteiger charge is 2.45. The standard InChI is InChI=1S/C12H20N2O4S/c13-8-12(1-4-18-5-2-12)11(17)14-3-6-19-7-9(14)10(15)16/h9H,1-8,13H2,(H,15,16). The molecule has 1 atom stereocenters. The summed E-state index contributed by atoms with van der Waals surface area (Å²) in [5.74, 6) is 0.205. The van der Waals surface area contributed by atoms with E-state index in [1.54, 1.807) is 11.8 Å². The molecule has 1 amide bonds. The number of carboxylic acid groups (broad SMARTS) is 1. The minimum absolute atomic E-state index is 0.106. The number of aliphatic carboxylic acids is 1. The number of carboxylic acids is 1. The molecule has 108 valence electrons. The maximum absolute atomic E-state index is 12.7. The van der Waals surface area contributed by atoms with Crippen molar-refractivity contribution in [1.29, 1.82) is 0 Å². The van der Waals surface area contributed by atoms with Crippen LogP contribution in [0.1, 0.15) is 12.8 Å². The molecule has 2 fully saturated rings. The number of carbonyl (C=O) groups is 2. The van der Waals surface area contributed by atoms with Gasteiger partial charge in [0.25, 0.3) is 0 Å². The van der Waals surface area contributed by atoms with Gasteiger partial charge in [-0.3, -0.25) is 4.79 Å². The molecule has 0 radical (unpaired) electrons. The van der Waals surface area contributed by atoms with Crippen LogP contribution < -0.4 is 5.73 Å². The highest BCUT2D eigenvalue weighted by Crippen LogP contribution is 2.33. The molecule has 1 unspecified atom stereocenters. The van der Waals surface area contributed by atoms with Gasteiger partial charge in [-0.15, -0.1) is 0 Å². The van der Waals surface area contributed by atoms with Crippen LogP contribution in [0.4, 0.5) is 0 Å². The fraction of sp³-hybridized carbons (Fsp3) is 0.833. The summed E-state index contributed by atoms with van der Waals surface area (Å²) in [6.45, 7) is 1.78. The van der Waals surface area contributed by atoms with Gasteiger partial charge in [-0.25, -0.2) is 4.79 Å². The van der Waals surface area contributed by atoms with Crippen LogP contribution in [0, 0.1) is 5.41 Å². The van der Waals surface area contributed by atoms with E-state index in [1.165, 1.54) is 4.90 Å². The van der Waals surface area contributed by atoms with Crippen LogP contribution in [0.5, 0.6) is 0 Å². The maximum atomic E-state index is 12.7. The first-order chi connectivity index (χ1) is 9.10. The summed E-state index contributed by atoms with van der Waals surface area (Å²) in [7, 11) is 0. The SMILES string of the molecule is NCC1(C(=O)N2CCSCC2C(=O)O)CCOCC1. The van der Waals surface area contributed by atoms with Crippen molar-refractivity contribution in [3.8, 4) is 0 Å². The van der Waals surface area contributed by atoms with Crippen LogP contribution in [-0.2, 0) is 14.3 Å². The molecule has 6 nitrogen and oxygen atoms in total. The molecule has 19 heavy (non-hydrogen) atoms. The van der Waals surface area contributed by atoms with Gasteiger partial charge in [-0.05, 0) is 12.8 Å². The number of rotatable bonds is 3. The van der Waals surface area contributed by atoms with Gasteiger partial charge in [0.2, 0.25) is 5.91 Å². The second-order valence-corrected chi connectivity index (χ2v) is 6.17. The molecule has 0 aliphatic carbocycles. The Morgan fingerprint density at radius 3 is 2.68 bits per heavy atom. The minimum atomic E-state index is -0.931. The fourth-order valence-corrected chi connectivity index (χ4v) is 3.66. The van der Waals surface area contributed by atoms with E-state index in [0.29, 0.717) is 38.4 Å². The molecule has 0 aromatic rings. The molecule has 2 aliphatic rings. The Kier molecular flexibility index (Phi) is 4.70. The van der Waals surface area contributed by atoms with Gasteiger partial charge in [-0.2, -0.15) is 11.8 Å². The minimum Gasteiger partial charge on any atom is -0.480 e. The summed E-state index contributed by atoms with van der Waals surface area (Å²) < 4.78 is 5.29. The zero-order chi connectivity index (χ0) is 13.9. The fourth-order valence-electron chi connectivity index (χ4n) is 2.62. The first kappa shape index (κ1) is 14.6. The third-order valence-corrected chi connectivity index (χ3v) is 4.99. The molecular weight excluding hydrogens is 268 g/mol. The Hall–Kier alpha value is -0.790. The molecule has 0 aromatic heterocycles. The number of hydrogen-bond acceptors (Lipinski definition) is 5. The van der Waals surface area contributed by atoms with E-state index in [2.05, 4.69) is 0 Å². The number of nitrogens with zero attached hydrogens (tertiary/aromatic N) is 1. The lowest BCUT2D eigenvalue weighted by atomic mass is 9.78. The van der Waals surface area contributed by atoms with Crippen LogP contribution in [0.3, 0.4) is 0 Å². The lowest BCUT2D eigenvalue weighted by Gasteiger charge is -2.42. The largest absolute Gasteiger partial charge is 0.480 e. The van der Waals surface area contributed by atoms with Gasteiger partial charge in [0.05, 0.1) is 5.41 Å². The molecule has 2 rings (SSSR count). The van der Waals surface area contributed by atoms with E-state index in [4.69, 9.17) is 10.5 Å². The van der Waals surface area contributed by atoms with Gasteiger partial charge in [0.15, 0.2) is 0 Å². The number of thioether (sulfide) groups is 1. The first-order valence-electron chi connectivity index (χ1n) is 6.50. The third-order valence-electron chi connectivity index (χ3n) is 3.97. The van der Waals surface area contributed by atoms with Gasteiger partial charge in [0.1, 0.15) is 6.04 Å². The Bertz CT molecular complexity index is 358. The van der Waals surface area contributed by atoms with Crippen LogP contribution in [0.2, 0.25) is 0 Å². The van der Waals surface area contributed by atoms with Crippen molar-refractivity contribution in [2.45, 2.75) is 18.9 Å². The maximum Gasteiger partial charge on any atom is 0.327 e. The summed E-state index contributed by atoms with van der Waals surface area (Å²) >= 11 is 1.58. The molecule has 2 aliphatic heterocycles. The van der Waals surface area contributed by atoms with E-state index in [9.17, 15) is 14.7 Å². The molecular formula is C12H20N2O4S. The zero-order valence-electron chi connectivity index (χ0n) is 10.8. The summed E-state index contributed by atoms with van der Waals surface area (Å²) in [5.41, 5.74) is 5.18. The highest BCUT2D eigenvalue weighted by molar-refractivity contribution is 7.99. The zero-order valence-corrected chi connectivity index (χ0v) is 11.7. The number of ether oxygens (including phenoxy) is 1. The van der Waals surface area contributed by atoms with Crippen molar-refractivity contribution in [2.24, 2.45) is 11.1 Å². The van der Waals surface area contributed by atoms with Gasteiger partial charge >= 0.3 is 5.97 Å². The van der Waals surface area contributed by atoms with E-state index in [0.717, 1.165) is 5.75 Å². The third kappa shape index (κ3) is 2.88. The quantitative estimate of drug-likeness (QED) is 0.745. The van der Waals surface area contributed by atoms with Crippen molar-refractivity contribution in [3.63, 3.8) is 0 Å². The van der Waals surface area contributed by atoms with E-state index >= 15 is 0 Å². The Balaban J connectivity index is 2.17. The van der Waals surface area contributed by atoms with Crippen LogP contribution in [-0.4, -0.2) is 65.7 Å². The summed E-state index contributed by atoms with van der Waals surface area (Å²) in [6.07, 6.45) is 1.16. The van der Waals surface area contributed by atoms with Gasteiger partial charge in [-0.1, -0.05) is 0 Å². The molecule has 0 saturated carbocycles. The molecule has 2 saturated heterocycles. The normalized spacial score (nSPS) is 27.0. The summed E-state index contributed by atoms with van der Waals surface area (Å²) in [5, 5.41) is 9.25. The van der Waals surface area contributed by atoms with Crippen molar-refractivity contribution in [2.75, 3.05) is 37.8 Å². The monoisotopic (exact) mass is 288 g/mol. The van der Waals surface area contributed by atoms with E-state index in [-0.39, 0.29) is 12.5 Å². The van der Waals surface area contributed by atoms with Crippen LogP contribution in [0.15, 0.2) is 0 Å². The molecule has 0 spiro atoms. The topological polar surface area (TPSA) is 92.9 Å². The number of amides is 1. The lowest BCUT2D eigenvalue weighted by Crippen LogP contribution is -2.58. The Labute approximate surface area is 116 Å². The van der Waals surface area contributed by atoms with E-state index in [1.807, 2.05) is 0 Å². The van der Waals surface area contributed by atoms with Crippen LogP contribution >= 0.6 is 11.8 Å². The molecule has 0 bridgehead atoms. The molecule has 0 aromatic carbocycles. The average Bonchev–Trinajstić information content (AvgIpc) is 2.47. The van der Waals surface area contributed by atoms with E-state index < -0.39 is 17.4 Å². The molecule has 7 heteroatoms. The second kappa shape index (κ2) is 6.11. The van der Waals surface area contributed by atoms with Crippen molar-refractivity contribution in [1.82, 2.24) is 4.90 Å². The Morgan fingerprint density at radius 1 is 1.42 bits per heavy atom. The molecule has 2 heterocycles. The summed E-state index contributed by atoms with van der Waals surface area (Å²) in [6, 6.07) is -0.725. The van der Waals surface area contributed by atoms with Crippen molar-refractivity contribution in [3.05, 3.63) is 0 Å². The first-order valence-corrected chi connectivity index (χ1v) is 7.66.